The summed E-state index contributed by atoms with van der Waals surface area (Å²) >= 11 is 0. The van der Waals surface area contributed by atoms with Crippen molar-refractivity contribution in [3.05, 3.63) is 0 Å². The summed E-state index contributed by atoms with van der Waals surface area (Å²) in [5, 5.41) is 2.41. The average molecular weight is 186 g/mol. The molecule has 80 valence electrons. The maximum Gasteiger partial charge on any atom is 0.0215 e. The largest absolute Gasteiger partial charge is 0.255 e. The van der Waals surface area contributed by atoms with Crippen LogP contribution < -0.4 is 5.43 Å². The van der Waals surface area contributed by atoms with Gasteiger partial charge in [-0.2, -0.15) is 0 Å². The van der Waals surface area contributed by atoms with Gasteiger partial charge in [0.15, 0.2) is 0 Å². The van der Waals surface area contributed by atoms with Crippen molar-refractivity contribution in [1.29, 1.82) is 0 Å². The third kappa shape index (κ3) is 4.63. The lowest BCUT2D eigenvalue weighted by Crippen LogP contribution is -2.49. The summed E-state index contributed by atoms with van der Waals surface area (Å²) in [6, 6.07) is 1.28. The van der Waals surface area contributed by atoms with E-state index in [2.05, 4.69) is 45.1 Å². The summed E-state index contributed by atoms with van der Waals surface area (Å²) in [6.07, 6.45) is 3.62. The molecule has 0 saturated carbocycles. The molecule has 2 heteroatoms. The SMILES string of the molecule is CCCNN(C(C)CC)C(C)CC. The molecule has 0 rings (SSSR count). The zero-order valence-corrected chi connectivity index (χ0v) is 9.93. The van der Waals surface area contributed by atoms with Gasteiger partial charge in [-0.3, -0.25) is 5.43 Å². The molecule has 2 unspecified atom stereocenters. The van der Waals surface area contributed by atoms with Gasteiger partial charge < -0.3 is 0 Å². The second-order valence-electron chi connectivity index (χ2n) is 3.83. The van der Waals surface area contributed by atoms with E-state index in [4.69, 9.17) is 0 Å². The van der Waals surface area contributed by atoms with Crippen LogP contribution in [0.4, 0.5) is 0 Å². The summed E-state index contributed by atoms with van der Waals surface area (Å²) < 4.78 is 0. The van der Waals surface area contributed by atoms with E-state index >= 15 is 0 Å². The van der Waals surface area contributed by atoms with Crippen LogP contribution in [0, 0.1) is 0 Å². The molecule has 0 heterocycles. The summed E-state index contributed by atoms with van der Waals surface area (Å²) in [5.41, 5.74) is 3.50. The fourth-order valence-corrected chi connectivity index (χ4v) is 1.38. The van der Waals surface area contributed by atoms with E-state index < -0.39 is 0 Å². The Kier molecular flexibility index (Phi) is 7.29. The van der Waals surface area contributed by atoms with E-state index in [9.17, 15) is 0 Å². The number of rotatable bonds is 7. The van der Waals surface area contributed by atoms with E-state index in [1.54, 1.807) is 0 Å². The zero-order valence-electron chi connectivity index (χ0n) is 9.93. The van der Waals surface area contributed by atoms with E-state index in [0.717, 1.165) is 6.54 Å². The Morgan fingerprint density at radius 1 is 1.00 bits per heavy atom. The van der Waals surface area contributed by atoms with Crippen LogP contribution in [-0.2, 0) is 0 Å². The van der Waals surface area contributed by atoms with Crippen molar-refractivity contribution in [2.75, 3.05) is 6.54 Å². The van der Waals surface area contributed by atoms with Gasteiger partial charge in [-0.1, -0.05) is 20.8 Å². The van der Waals surface area contributed by atoms with Gasteiger partial charge in [0.25, 0.3) is 0 Å². The first-order chi connectivity index (χ1) is 6.17. The molecule has 2 atom stereocenters. The lowest BCUT2D eigenvalue weighted by molar-refractivity contribution is 0.0803. The number of nitrogens with zero attached hydrogens (tertiary/aromatic N) is 1. The minimum Gasteiger partial charge on any atom is -0.255 e. The van der Waals surface area contributed by atoms with E-state index in [1.165, 1.54) is 19.3 Å². The Hall–Kier alpha value is -0.0800. The third-order valence-electron chi connectivity index (χ3n) is 2.68. The van der Waals surface area contributed by atoms with Crippen LogP contribution in [0.5, 0.6) is 0 Å². The van der Waals surface area contributed by atoms with Gasteiger partial charge in [0.05, 0.1) is 0 Å². The van der Waals surface area contributed by atoms with Crippen molar-refractivity contribution in [1.82, 2.24) is 10.4 Å². The fourth-order valence-electron chi connectivity index (χ4n) is 1.38. The highest BCUT2D eigenvalue weighted by atomic mass is 15.5. The summed E-state index contributed by atoms with van der Waals surface area (Å²) in [7, 11) is 0. The molecule has 1 N–H and O–H groups in total. The molecular weight excluding hydrogens is 160 g/mol. The molecular formula is C11H26N2. The number of hydrazine groups is 1. The molecule has 0 amide bonds. The summed E-state index contributed by atoms with van der Waals surface area (Å²) in [5.74, 6) is 0. The Labute approximate surface area is 83.7 Å². The first-order valence-corrected chi connectivity index (χ1v) is 5.69. The molecule has 0 aliphatic heterocycles. The normalized spacial score (nSPS) is 16.2. The van der Waals surface area contributed by atoms with Crippen LogP contribution in [0.25, 0.3) is 0 Å². The van der Waals surface area contributed by atoms with Crippen molar-refractivity contribution in [3.8, 4) is 0 Å². The monoisotopic (exact) mass is 186 g/mol. The van der Waals surface area contributed by atoms with Gasteiger partial charge in [-0.15, -0.1) is 0 Å². The molecule has 0 aliphatic rings. The van der Waals surface area contributed by atoms with Gasteiger partial charge in [-0.25, -0.2) is 5.01 Å². The molecule has 0 bridgehead atoms. The van der Waals surface area contributed by atoms with Crippen LogP contribution in [0.2, 0.25) is 0 Å². The predicted octanol–water partition coefficient (Wildman–Crippen LogP) is 2.80. The molecule has 0 aromatic heterocycles. The Morgan fingerprint density at radius 3 is 1.77 bits per heavy atom. The Bertz CT molecular complexity index is 105. The topological polar surface area (TPSA) is 15.3 Å². The second kappa shape index (κ2) is 7.34. The number of hydrogen-bond donors (Lipinski definition) is 1. The summed E-state index contributed by atoms with van der Waals surface area (Å²) in [4.78, 5) is 0. The van der Waals surface area contributed by atoms with Crippen LogP contribution in [0.1, 0.15) is 53.9 Å². The van der Waals surface area contributed by atoms with Gasteiger partial charge >= 0.3 is 0 Å². The maximum absolute atomic E-state index is 3.50. The van der Waals surface area contributed by atoms with Gasteiger partial charge in [0.2, 0.25) is 0 Å². The summed E-state index contributed by atoms with van der Waals surface area (Å²) in [6.45, 7) is 12.4. The molecule has 0 spiro atoms. The van der Waals surface area contributed by atoms with Crippen LogP contribution in [0.15, 0.2) is 0 Å². The highest BCUT2D eigenvalue weighted by Gasteiger charge is 2.16. The van der Waals surface area contributed by atoms with Crippen molar-refractivity contribution in [2.45, 2.75) is 66.0 Å². The fraction of sp³-hybridized carbons (Fsp3) is 1.00. The molecule has 0 saturated heterocycles. The first-order valence-electron chi connectivity index (χ1n) is 5.69. The lowest BCUT2D eigenvalue weighted by atomic mass is 10.2. The standard InChI is InChI=1S/C11H26N2/c1-6-9-12-13(10(4)7-2)11(5)8-3/h10-12H,6-9H2,1-5H3. The first kappa shape index (κ1) is 12.9. The average Bonchev–Trinajstić information content (AvgIpc) is 2.17. The number of nitrogens with one attached hydrogen (secondary N) is 1. The molecule has 13 heavy (non-hydrogen) atoms. The quantitative estimate of drug-likeness (QED) is 0.615. The molecule has 0 aliphatic carbocycles. The zero-order chi connectivity index (χ0) is 10.3. The Morgan fingerprint density at radius 2 is 1.46 bits per heavy atom. The van der Waals surface area contributed by atoms with Gasteiger partial charge in [-0.05, 0) is 33.1 Å². The molecule has 0 fully saturated rings. The predicted molar refractivity (Wildman–Crippen MR) is 59.6 cm³/mol. The minimum absolute atomic E-state index is 0.640. The van der Waals surface area contributed by atoms with Crippen molar-refractivity contribution < 1.29 is 0 Å². The minimum atomic E-state index is 0.640. The van der Waals surface area contributed by atoms with Gasteiger partial charge in [0, 0.05) is 18.6 Å². The van der Waals surface area contributed by atoms with Crippen molar-refractivity contribution in [2.24, 2.45) is 0 Å². The lowest BCUT2D eigenvalue weighted by Gasteiger charge is -2.34. The van der Waals surface area contributed by atoms with Crippen LogP contribution >= 0.6 is 0 Å². The van der Waals surface area contributed by atoms with E-state index in [0.29, 0.717) is 12.1 Å². The Balaban J connectivity index is 4.01. The van der Waals surface area contributed by atoms with Crippen molar-refractivity contribution >= 4 is 0 Å². The van der Waals surface area contributed by atoms with Crippen LogP contribution in [-0.4, -0.2) is 23.6 Å². The molecule has 0 aromatic carbocycles. The smallest absolute Gasteiger partial charge is 0.0215 e. The maximum atomic E-state index is 3.50. The van der Waals surface area contributed by atoms with Gasteiger partial charge in [0.1, 0.15) is 0 Å². The van der Waals surface area contributed by atoms with Crippen LogP contribution in [0.3, 0.4) is 0 Å². The van der Waals surface area contributed by atoms with Crippen molar-refractivity contribution in [3.63, 3.8) is 0 Å². The molecule has 2 nitrogen and oxygen atoms in total. The number of hydrogen-bond acceptors (Lipinski definition) is 2. The third-order valence-corrected chi connectivity index (χ3v) is 2.68. The molecule has 0 radical (unpaired) electrons. The molecule has 0 aromatic rings. The highest BCUT2D eigenvalue weighted by molar-refractivity contribution is 4.67. The van der Waals surface area contributed by atoms with E-state index in [1.807, 2.05) is 0 Å². The van der Waals surface area contributed by atoms with E-state index in [-0.39, 0.29) is 0 Å². The highest BCUT2D eigenvalue weighted by Crippen LogP contribution is 2.08. The second-order valence-corrected chi connectivity index (χ2v) is 3.83.